The molecule has 1 aliphatic rings. The van der Waals surface area contributed by atoms with E-state index in [1.54, 1.807) is 20.4 Å². The zero-order valence-corrected chi connectivity index (χ0v) is 17.2. The van der Waals surface area contributed by atoms with Crippen molar-refractivity contribution in [2.24, 2.45) is 0 Å². The summed E-state index contributed by atoms with van der Waals surface area (Å²) in [5.41, 5.74) is 0.709. The van der Waals surface area contributed by atoms with Crippen LogP contribution in [-0.2, 0) is 19.3 Å². The summed E-state index contributed by atoms with van der Waals surface area (Å²) in [5, 5.41) is 0.206. The van der Waals surface area contributed by atoms with Gasteiger partial charge in [-0.1, -0.05) is 27.2 Å². The van der Waals surface area contributed by atoms with Gasteiger partial charge in [-0.2, -0.15) is 0 Å². The molecule has 1 aliphatic carbocycles. The van der Waals surface area contributed by atoms with Crippen LogP contribution in [0.25, 0.3) is 0 Å². The zero-order chi connectivity index (χ0) is 18.0. The average Bonchev–Trinajstić information content (AvgIpc) is 2.46. The minimum Gasteiger partial charge on any atom is -0.416 e. The Bertz CT molecular complexity index is 549. The number of aromatic nitrogens is 2. The third-order valence-electron chi connectivity index (χ3n) is 5.65. The molecule has 0 unspecified atom stereocenters. The predicted molar refractivity (Wildman–Crippen MR) is 97.5 cm³/mol. The fraction of sp³-hybridized carbons (Fsp3) is 0.778. The highest BCUT2D eigenvalue weighted by molar-refractivity contribution is 6.74. The van der Waals surface area contributed by atoms with Crippen LogP contribution in [0.15, 0.2) is 12.3 Å². The van der Waals surface area contributed by atoms with Crippen molar-refractivity contribution in [2.75, 3.05) is 20.8 Å². The molecule has 0 saturated heterocycles. The van der Waals surface area contributed by atoms with Gasteiger partial charge in [0.1, 0.15) is 5.82 Å². The molecule has 0 aromatic carbocycles. The van der Waals surface area contributed by atoms with Gasteiger partial charge in [-0.25, -0.2) is 9.97 Å². The molecule has 0 amide bonds. The fourth-order valence-corrected chi connectivity index (χ4v) is 3.74. The van der Waals surface area contributed by atoms with E-state index in [2.05, 4.69) is 38.8 Å². The first kappa shape index (κ1) is 19.5. The molecule has 0 aliphatic heterocycles. The van der Waals surface area contributed by atoms with Gasteiger partial charge in [0.2, 0.25) is 6.29 Å². The van der Waals surface area contributed by atoms with E-state index in [0.717, 1.165) is 24.4 Å². The zero-order valence-electron chi connectivity index (χ0n) is 16.2. The lowest BCUT2D eigenvalue weighted by molar-refractivity contribution is -0.109. The maximum atomic E-state index is 6.51. The van der Waals surface area contributed by atoms with Crippen LogP contribution in [0.2, 0.25) is 18.1 Å². The topological polar surface area (TPSA) is 53.5 Å². The maximum absolute atomic E-state index is 6.51. The molecule has 1 aromatic heterocycles. The Morgan fingerprint density at radius 3 is 2.29 bits per heavy atom. The fourth-order valence-electron chi connectivity index (χ4n) is 2.67. The number of hydrogen-bond donors (Lipinski definition) is 0. The Balaban J connectivity index is 2.20. The molecule has 0 spiro atoms. The monoisotopic (exact) mass is 352 g/mol. The van der Waals surface area contributed by atoms with Crippen LogP contribution in [0.5, 0.6) is 0 Å². The molecule has 0 radical (unpaired) electrons. The van der Waals surface area contributed by atoms with Crippen LogP contribution < -0.4 is 0 Å². The van der Waals surface area contributed by atoms with Crippen molar-refractivity contribution in [2.45, 2.75) is 69.9 Å². The highest BCUT2D eigenvalue weighted by atomic mass is 28.4. The van der Waals surface area contributed by atoms with Crippen molar-refractivity contribution >= 4 is 8.32 Å². The summed E-state index contributed by atoms with van der Waals surface area (Å²) in [6.07, 6.45) is 4.71. The van der Waals surface area contributed by atoms with E-state index in [4.69, 9.17) is 18.9 Å². The van der Waals surface area contributed by atoms with Crippen LogP contribution in [0, 0.1) is 0 Å². The third kappa shape index (κ3) is 3.87. The lowest BCUT2D eigenvalue weighted by atomic mass is 9.68. The second-order valence-electron chi connectivity index (χ2n) is 8.29. The van der Waals surface area contributed by atoms with Gasteiger partial charge in [0.15, 0.2) is 8.32 Å². The first-order valence-electron chi connectivity index (χ1n) is 8.68. The predicted octanol–water partition coefficient (Wildman–Crippen LogP) is 4.21. The van der Waals surface area contributed by atoms with Crippen molar-refractivity contribution in [3.63, 3.8) is 0 Å². The second kappa shape index (κ2) is 7.20. The minimum absolute atomic E-state index is 0.0580. The van der Waals surface area contributed by atoms with Crippen molar-refractivity contribution < 1.29 is 13.9 Å². The van der Waals surface area contributed by atoms with Crippen LogP contribution in [0.1, 0.15) is 57.8 Å². The van der Waals surface area contributed by atoms with E-state index in [1.165, 1.54) is 6.42 Å². The molecule has 1 heterocycles. The van der Waals surface area contributed by atoms with Crippen LogP contribution in [-0.4, -0.2) is 39.1 Å². The quantitative estimate of drug-likeness (QED) is 0.543. The van der Waals surface area contributed by atoms with E-state index in [0.29, 0.717) is 6.61 Å². The van der Waals surface area contributed by atoms with Crippen LogP contribution in [0.3, 0.4) is 0 Å². The summed E-state index contributed by atoms with van der Waals surface area (Å²) in [7, 11) is 1.46. The number of methoxy groups -OCH3 is 2. The Morgan fingerprint density at radius 2 is 1.83 bits per heavy atom. The maximum Gasteiger partial charge on any atom is 0.200 e. The van der Waals surface area contributed by atoms with Crippen LogP contribution in [0.4, 0.5) is 0 Å². The van der Waals surface area contributed by atoms with E-state index >= 15 is 0 Å². The van der Waals surface area contributed by atoms with Crippen molar-refractivity contribution in [3.8, 4) is 0 Å². The van der Waals surface area contributed by atoms with Crippen molar-refractivity contribution in [1.29, 1.82) is 0 Å². The van der Waals surface area contributed by atoms with Crippen LogP contribution >= 0.6 is 0 Å². The Morgan fingerprint density at radius 1 is 1.21 bits per heavy atom. The summed E-state index contributed by atoms with van der Waals surface area (Å²) < 4.78 is 17.2. The first-order valence-corrected chi connectivity index (χ1v) is 11.6. The normalized spacial score (nSPS) is 17.8. The molecule has 0 bridgehead atoms. The molecule has 1 aromatic rings. The Kier molecular flexibility index (Phi) is 5.85. The summed E-state index contributed by atoms with van der Waals surface area (Å²) in [5.74, 6) is 0.865. The number of hydrogen-bond acceptors (Lipinski definition) is 5. The van der Waals surface area contributed by atoms with Crippen molar-refractivity contribution in [1.82, 2.24) is 9.97 Å². The Labute approximate surface area is 147 Å². The molecule has 1 saturated carbocycles. The smallest absolute Gasteiger partial charge is 0.200 e. The van der Waals surface area contributed by atoms with Gasteiger partial charge in [0.05, 0.1) is 11.1 Å². The highest BCUT2D eigenvalue weighted by Crippen LogP contribution is 2.45. The van der Waals surface area contributed by atoms with Gasteiger partial charge < -0.3 is 13.9 Å². The standard InChI is InChI=1S/C18H32N2O3Si/c1-17(2,3)24(6,7)23-13-18(10-8-11-18)16-19-12-9-14(20-16)15(21-4)22-5/h9,12,15H,8,10-11,13H2,1-7H3. The largest absolute Gasteiger partial charge is 0.416 e. The number of nitrogens with zero attached hydrogens (tertiary/aromatic N) is 2. The third-order valence-corrected chi connectivity index (χ3v) is 10.1. The second-order valence-corrected chi connectivity index (χ2v) is 13.1. The summed E-state index contributed by atoms with van der Waals surface area (Å²) >= 11 is 0. The highest BCUT2D eigenvalue weighted by Gasteiger charge is 2.45. The molecule has 136 valence electrons. The van der Waals surface area contributed by atoms with Gasteiger partial charge in [-0.3, -0.25) is 0 Å². The van der Waals surface area contributed by atoms with Gasteiger partial charge in [0.25, 0.3) is 0 Å². The minimum atomic E-state index is -1.78. The molecule has 0 atom stereocenters. The van der Waals surface area contributed by atoms with E-state index in [9.17, 15) is 0 Å². The molecule has 6 heteroatoms. The molecule has 2 rings (SSSR count). The first-order chi connectivity index (χ1) is 11.1. The lowest BCUT2D eigenvalue weighted by Crippen LogP contribution is -2.48. The van der Waals surface area contributed by atoms with Gasteiger partial charge in [0, 0.05) is 27.0 Å². The molecular weight excluding hydrogens is 320 g/mol. The van der Waals surface area contributed by atoms with E-state index in [-0.39, 0.29) is 10.5 Å². The summed E-state index contributed by atoms with van der Waals surface area (Å²) in [6.45, 7) is 12.1. The molecule has 24 heavy (non-hydrogen) atoms. The van der Waals surface area contributed by atoms with Gasteiger partial charge in [-0.05, 0) is 37.0 Å². The van der Waals surface area contributed by atoms with E-state index < -0.39 is 14.6 Å². The summed E-state index contributed by atoms with van der Waals surface area (Å²) in [4.78, 5) is 9.31. The molecule has 5 nitrogen and oxygen atoms in total. The molecular formula is C18H32N2O3Si. The van der Waals surface area contributed by atoms with Crippen molar-refractivity contribution in [3.05, 3.63) is 23.8 Å². The van der Waals surface area contributed by atoms with Gasteiger partial charge in [-0.15, -0.1) is 0 Å². The number of rotatable bonds is 7. The lowest BCUT2D eigenvalue weighted by Gasteiger charge is -2.44. The van der Waals surface area contributed by atoms with Gasteiger partial charge >= 0.3 is 0 Å². The summed E-state index contributed by atoms with van der Waals surface area (Å²) in [6, 6.07) is 1.85. The average molecular weight is 353 g/mol. The number of ether oxygens (including phenoxy) is 2. The molecule has 0 N–H and O–H groups in total. The van der Waals surface area contributed by atoms with E-state index in [1.807, 2.05) is 6.07 Å². The Hall–Kier alpha value is -0.823. The SMILES string of the molecule is COC(OC)c1ccnc(C2(CO[Si](C)(C)C(C)(C)C)CCC2)n1. The molecule has 1 fully saturated rings.